The molecule has 3 heterocycles. The Labute approximate surface area is 132 Å². The molecule has 0 aliphatic carbocycles. The number of hydrogen-bond acceptors (Lipinski definition) is 5. The number of nitrogens with zero attached hydrogens (tertiary/aromatic N) is 4. The summed E-state index contributed by atoms with van der Waals surface area (Å²) in [6.07, 6.45) is 5.32. The molecular formula is C15H17FN6O. The summed E-state index contributed by atoms with van der Waals surface area (Å²) in [6.45, 7) is 0.0961. The summed E-state index contributed by atoms with van der Waals surface area (Å²) >= 11 is 0. The lowest BCUT2D eigenvalue weighted by Crippen LogP contribution is -2.00. The smallest absolute Gasteiger partial charge is 0.213 e. The van der Waals surface area contributed by atoms with Crippen LogP contribution in [-0.2, 0) is 13.6 Å². The predicted octanol–water partition coefficient (Wildman–Crippen LogP) is 2.17. The number of nitrogens with one attached hydrogen (secondary N) is 2. The van der Waals surface area contributed by atoms with Gasteiger partial charge in [0.2, 0.25) is 5.88 Å². The van der Waals surface area contributed by atoms with E-state index in [4.69, 9.17) is 4.74 Å². The van der Waals surface area contributed by atoms with Gasteiger partial charge < -0.3 is 10.1 Å². The van der Waals surface area contributed by atoms with E-state index in [1.807, 2.05) is 25.4 Å². The highest BCUT2D eigenvalue weighted by Gasteiger charge is 2.06. The molecule has 0 aliphatic rings. The topological polar surface area (TPSA) is 80.6 Å². The summed E-state index contributed by atoms with van der Waals surface area (Å²) in [4.78, 5) is 4.13. The molecule has 120 valence electrons. The van der Waals surface area contributed by atoms with Gasteiger partial charge >= 0.3 is 0 Å². The molecule has 0 atom stereocenters. The summed E-state index contributed by atoms with van der Waals surface area (Å²) in [5.74, 6) is 0.403. The molecular weight excluding hydrogens is 299 g/mol. The van der Waals surface area contributed by atoms with Gasteiger partial charge in [0.05, 0.1) is 29.8 Å². The summed E-state index contributed by atoms with van der Waals surface area (Å²) < 4.78 is 18.9. The van der Waals surface area contributed by atoms with Crippen molar-refractivity contribution in [2.24, 2.45) is 7.05 Å². The number of anilines is 1. The maximum absolute atomic E-state index is 12.0. The van der Waals surface area contributed by atoms with Crippen molar-refractivity contribution in [3.05, 3.63) is 42.5 Å². The van der Waals surface area contributed by atoms with Gasteiger partial charge in [-0.2, -0.15) is 10.2 Å². The SMILES string of the molecule is Cn1cc(NCc2cc(-c3ccc(OCCF)nc3)n[nH]2)cn1. The summed E-state index contributed by atoms with van der Waals surface area (Å²) in [6, 6.07) is 5.49. The zero-order valence-electron chi connectivity index (χ0n) is 12.7. The Hall–Kier alpha value is -2.90. The number of rotatable bonds is 7. The van der Waals surface area contributed by atoms with Crippen LogP contribution in [0.15, 0.2) is 36.8 Å². The van der Waals surface area contributed by atoms with Crippen LogP contribution in [-0.4, -0.2) is 38.2 Å². The minimum Gasteiger partial charge on any atom is -0.475 e. The van der Waals surface area contributed by atoms with Gasteiger partial charge in [-0.05, 0) is 12.1 Å². The Morgan fingerprint density at radius 3 is 2.96 bits per heavy atom. The van der Waals surface area contributed by atoms with E-state index in [0.717, 1.165) is 22.6 Å². The molecule has 0 aromatic carbocycles. The van der Waals surface area contributed by atoms with E-state index in [0.29, 0.717) is 12.4 Å². The number of alkyl halides is 1. The van der Waals surface area contributed by atoms with Gasteiger partial charge in [0.15, 0.2) is 0 Å². The van der Waals surface area contributed by atoms with Gasteiger partial charge in [-0.3, -0.25) is 9.78 Å². The van der Waals surface area contributed by atoms with Crippen molar-refractivity contribution in [3.63, 3.8) is 0 Å². The molecule has 3 aromatic rings. The first-order chi connectivity index (χ1) is 11.2. The Bertz CT molecular complexity index is 751. The number of pyridine rings is 1. The molecule has 0 saturated carbocycles. The number of aromatic nitrogens is 5. The lowest BCUT2D eigenvalue weighted by molar-refractivity contribution is 0.264. The standard InChI is InChI=1S/C15H17FN6O/c1-22-10-13(9-19-22)17-8-12-6-14(21-20-12)11-2-3-15(18-7-11)23-5-4-16/h2-3,6-7,9-10,17H,4-5,8H2,1H3,(H,20,21). The predicted molar refractivity (Wildman–Crippen MR) is 83.8 cm³/mol. The maximum atomic E-state index is 12.0. The quantitative estimate of drug-likeness (QED) is 0.698. The van der Waals surface area contributed by atoms with Gasteiger partial charge in [-0.1, -0.05) is 0 Å². The molecule has 2 N–H and O–H groups in total. The molecule has 0 amide bonds. The lowest BCUT2D eigenvalue weighted by Gasteiger charge is -2.02. The van der Waals surface area contributed by atoms with Crippen molar-refractivity contribution >= 4 is 5.69 Å². The highest BCUT2D eigenvalue weighted by molar-refractivity contribution is 5.58. The Kier molecular flexibility index (Phi) is 4.51. The zero-order chi connectivity index (χ0) is 16.1. The first-order valence-corrected chi connectivity index (χ1v) is 7.16. The largest absolute Gasteiger partial charge is 0.475 e. The van der Waals surface area contributed by atoms with E-state index < -0.39 is 6.67 Å². The fourth-order valence-corrected chi connectivity index (χ4v) is 2.07. The number of aromatic amines is 1. The molecule has 3 aromatic heterocycles. The van der Waals surface area contributed by atoms with Crippen LogP contribution < -0.4 is 10.1 Å². The normalized spacial score (nSPS) is 10.7. The third kappa shape index (κ3) is 3.85. The number of aryl methyl sites for hydroxylation is 1. The maximum Gasteiger partial charge on any atom is 0.213 e. The summed E-state index contributed by atoms with van der Waals surface area (Å²) in [5, 5.41) is 14.6. The summed E-state index contributed by atoms with van der Waals surface area (Å²) in [7, 11) is 1.87. The van der Waals surface area contributed by atoms with Gasteiger partial charge in [-0.25, -0.2) is 9.37 Å². The van der Waals surface area contributed by atoms with Crippen LogP contribution >= 0.6 is 0 Å². The zero-order valence-corrected chi connectivity index (χ0v) is 12.7. The van der Waals surface area contributed by atoms with Crippen molar-refractivity contribution in [2.45, 2.75) is 6.54 Å². The van der Waals surface area contributed by atoms with E-state index in [-0.39, 0.29) is 6.61 Å². The third-order valence-electron chi connectivity index (χ3n) is 3.18. The fourth-order valence-electron chi connectivity index (χ4n) is 2.07. The lowest BCUT2D eigenvalue weighted by atomic mass is 10.2. The third-order valence-corrected chi connectivity index (χ3v) is 3.18. The summed E-state index contributed by atoms with van der Waals surface area (Å²) in [5.41, 5.74) is 3.54. The van der Waals surface area contributed by atoms with Crippen LogP contribution in [0.4, 0.5) is 10.1 Å². The Morgan fingerprint density at radius 2 is 2.26 bits per heavy atom. The number of H-pyrrole nitrogens is 1. The van der Waals surface area contributed by atoms with Crippen molar-refractivity contribution in [1.29, 1.82) is 0 Å². The number of hydrogen-bond donors (Lipinski definition) is 2. The average molecular weight is 316 g/mol. The highest BCUT2D eigenvalue weighted by atomic mass is 19.1. The molecule has 8 heteroatoms. The van der Waals surface area contributed by atoms with Crippen molar-refractivity contribution in [3.8, 4) is 17.1 Å². The Balaban J connectivity index is 1.62. The van der Waals surface area contributed by atoms with Crippen molar-refractivity contribution in [1.82, 2.24) is 25.0 Å². The van der Waals surface area contributed by atoms with Gasteiger partial charge in [0.1, 0.15) is 13.3 Å². The van der Waals surface area contributed by atoms with Crippen LogP contribution in [0.2, 0.25) is 0 Å². The highest BCUT2D eigenvalue weighted by Crippen LogP contribution is 2.19. The molecule has 0 unspecified atom stereocenters. The molecule has 0 spiro atoms. The first-order valence-electron chi connectivity index (χ1n) is 7.16. The number of halogens is 1. The molecule has 23 heavy (non-hydrogen) atoms. The van der Waals surface area contributed by atoms with Crippen LogP contribution in [0, 0.1) is 0 Å². The minimum atomic E-state index is -0.532. The first kappa shape index (κ1) is 15.0. The molecule has 0 saturated heterocycles. The van der Waals surface area contributed by atoms with Crippen LogP contribution in [0.5, 0.6) is 5.88 Å². The Morgan fingerprint density at radius 1 is 1.35 bits per heavy atom. The fraction of sp³-hybridized carbons (Fsp3) is 0.267. The van der Waals surface area contributed by atoms with E-state index in [1.54, 1.807) is 23.1 Å². The molecule has 0 aliphatic heterocycles. The van der Waals surface area contributed by atoms with E-state index >= 15 is 0 Å². The van der Waals surface area contributed by atoms with Crippen LogP contribution in [0.3, 0.4) is 0 Å². The second-order valence-corrected chi connectivity index (χ2v) is 4.96. The van der Waals surface area contributed by atoms with Crippen molar-refractivity contribution in [2.75, 3.05) is 18.6 Å². The average Bonchev–Trinajstić information content (AvgIpc) is 3.20. The molecule has 0 bridgehead atoms. The second-order valence-electron chi connectivity index (χ2n) is 4.96. The van der Waals surface area contributed by atoms with E-state index in [1.165, 1.54) is 0 Å². The molecule has 3 rings (SSSR count). The monoisotopic (exact) mass is 316 g/mol. The second kappa shape index (κ2) is 6.91. The molecule has 0 fully saturated rings. The molecule has 0 radical (unpaired) electrons. The van der Waals surface area contributed by atoms with E-state index in [9.17, 15) is 4.39 Å². The molecule has 7 nitrogen and oxygen atoms in total. The minimum absolute atomic E-state index is 0.0128. The van der Waals surface area contributed by atoms with Gasteiger partial charge in [-0.15, -0.1) is 0 Å². The van der Waals surface area contributed by atoms with Gasteiger partial charge in [0, 0.05) is 31.1 Å². The van der Waals surface area contributed by atoms with E-state index in [2.05, 4.69) is 25.6 Å². The van der Waals surface area contributed by atoms with Gasteiger partial charge in [0.25, 0.3) is 0 Å². The van der Waals surface area contributed by atoms with Crippen molar-refractivity contribution < 1.29 is 9.13 Å². The van der Waals surface area contributed by atoms with Crippen LogP contribution in [0.25, 0.3) is 11.3 Å². The number of ether oxygens (including phenoxy) is 1. The van der Waals surface area contributed by atoms with Crippen LogP contribution in [0.1, 0.15) is 5.69 Å².